The van der Waals surface area contributed by atoms with Crippen LogP contribution >= 0.6 is 11.6 Å². The number of pyridine rings is 2. The lowest BCUT2D eigenvalue weighted by Gasteiger charge is -2.15. The van der Waals surface area contributed by atoms with Gasteiger partial charge < -0.3 is 9.84 Å². The highest BCUT2D eigenvalue weighted by Crippen LogP contribution is 2.24. The molecule has 0 aromatic carbocycles. The first-order chi connectivity index (χ1) is 17.4. The fourth-order valence-electron chi connectivity index (χ4n) is 3.08. The summed E-state index contributed by atoms with van der Waals surface area (Å²) in [6.45, 7) is 10.3. The van der Waals surface area contributed by atoms with E-state index >= 15 is 0 Å². The van der Waals surface area contributed by atoms with E-state index < -0.39 is 22.8 Å². The second kappa shape index (κ2) is 11.5. The van der Waals surface area contributed by atoms with Crippen molar-refractivity contribution in [3.05, 3.63) is 92.7 Å². The number of halogens is 3. The first kappa shape index (κ1) is 27.8. The van der Waals surface area contributed by atoms with E-state index in [1.807, 2.05) is 6.92 Å². The molecule has 0 unspecified atom stereocenters. The van der Waals surface area contributed by atoms with Gasteiger partial charge in [-0.3, -0.25) is 19.3 Å². The van der Waals surface area contributed by atoms with Crippen LogP contribution in [0.4, 0.5) is 8.78 Å². The summed E-state index contributed by atoms with van der Waals surface area (Å²) in [5.41, 5.74) is 0.0939. The fourth-order valence-corrected chi connectivity index (χ4v) is 3.28. The minimum absolute atomic E-state index is 0.0470. The van der Waals surface area contributed by atoms with Crippen LogP contribution in [-0.4, -0.2) is 30.8 Å². The average molecular weight is 530 g/mol. The molecule has 37 heavy (non-hydrogen) atoms. The normalized spacial score (nSPS) is 12.3. The van der Waals surface area contributed by atoms with Gasteiger partial charge in [0.2, 0.25) is 0 Å². The van der Waals surface area contributed by atoms with Crippen molar-refractivity contribution in [2.45, 2.75) is 46.3 Å². The Balaban J connectivity index is 1.83. The third-order valence-electron chi connectivity index (χ3n) is 5.18. The van der Waals surface area contributed by atoms with Crippen molar-refractivity contribution in [3.63, 3.8) is 0 Å². The zero-order valence-corrected chi connectivity index (χ0v) is 21.6. The van der Waals surface area contributed by atoms with Gasteiger partial charge in [-0.25, -0.2) is 18.7 Å². The predicted molar refractivity (Wildman–Crippen MR) is 138 cm³/mol. The molecule has 0 spiro atoms. The number of aliphatic imine (C=N–C) groups is 1. The van der Waals surface area contributed by atoms with Gasteiger partial charge >= 0.3 is 0 Å². The largest absolute Gasteiger partial charge is 0.485 e. The number of ether oxygens (including phenoxy) is 1. The molecule has 0 saturated heterocycles. The lowest BCUT2D eigenvalue weighted by Crippen LogP contribution is -2.20. The van der Waals surface area contributed by atoms with Crippen LogP contribution in [0.3, 0.4) is 0 Å². The Morgan fingerprint density at radius 1 is 1.32 bits per heavy atom. The molecule has 1 N–H and O–H groups in total. The van der Waals surface area contributed by atoms with Crippen molar-refractivity contribution in [3.8, 4) is 5.75 Å². The lowest BCUT2D eigenvalue weighted by molar-refractivity contribution is 0.0686. The van der Waals surface area contributed by atoms with E-state index in [1.165, 1.54) is 16.8 Å². The average Bonchev–Trinajstić information content (AvgIpc) is 2.85. The van der Waals surface area contributed by atoms with Crippen molar-refractivity contribution in [1.82, 2.24) is 19.5 Å². The Labute approximate surface area is 217 Å². The molecule has 0 radical (unpaired) electrons. The molecule has 0 saturated carbocycles. The summed E-state index contributed by atoms with van der Waals surface area (Å²) in [6.07, 6.45) is 6.07. The van der Waals surface area contributed by atoms with Gasteiger partial charge in [-0.15, -0.1) is 0 Å². The van der Waals surface area contributed by atoms with Crippen molar-refractivity contribution in [1.29, 1.82) is 0 Å². The highest BCUT2D eigenvalue weighted by Gasteiger charge is 2.20. The molecule has 0 amide bonds. The zero-order chi connectivity index (χ0) is 27.3. The molecule has 3 aromatic rings. The minimum Gasteiger partial charge on any atom is -0.485 e. The quantitative estimate of drug-likeness (QED) is 0.388. The summed E-state index contributed by atoms with van der Waals surface area (Å²) >= 11 is 6.24. The molecular formula is C26H26ClF2N5O3. The predicted octanol–water partition coefficient (Wildman–Crippen LogP) is 5.07. The Morgan fingerprint density at radius 3 is 2.70 bits per heavy atom. The maximum atomic E-state index is 13.8. The highest BCUT2D eigenvalue weighted by molar-refractivity contribution is 6.31. The van der Waals surface area contributed by atoms with Crippen LogP contribution in [0.1, 0.15) is 50.1 Å². The van der Waals surface area contributed by atoms with Gasteiger partial charge in [0.15, 0.2) is 11.6 Å². The first-order valence-corrected chi connectivity index (χ1v) is 11.6. The molecule has 0 aliphatic carbocycles. The number of aryl methyl sites for hydroxylation is 1. The van der Waals surface area contributed by atoms with E-state index in [-0.39, 0.29) is 28.9 Å². The minimum atomic E-state index is -1.22. The van der Waals surface area contributed by atoms with Crippen molar-refractivity contribution >= 4 is 29.7 Å². The molecular weight excluding hydrogens is 504 g/mol. The number of hydrogen-bond acceptors (Lipinski definition) is 7. The Hall–Kier alpha value is -3.76. The summed E-state index contributed by atoms with van der Waals surface area (Å²) in [5.74, 6) is -1.38. The fraction of sp³-hybridized carbons (Fsp3) is 0.269. The maximum absolute atomic E-state index is 13.8. The molecule has 8 nitrogen and oxygen atoms in total. The zero-order valence-electron chi connectivity index (χ0n) is 20.8. The molecule has 3 aromatic heterocycles. The van der Waals surface area contributed by atoms with E-state index in [0.717, 1.165) is 6.20 Å². The lowest BCUT2D eigenvalue weighted by atomic mass is 10.1. The van der Waals surface area contributed by atoms with E-state index in [0.29, 0.717) is 35.1 Å². The van der Waals surface area contributed by atoms with Crippen LogP contribution in [0.15, 0.2) is 52.5 Å². The SMILES string of the molecule is C=C(N=C/C(=C/n1c(C)cc(OCc2ncc(F)cc2F)c(Cl)c1=O)CC)c1ccnc(C(C)(C)O)n1. The number of aromatic nitrogens is 4. The van der Waals surface area contributed by atoms with Crippen molar-refractivity contribution < 1.29 is 18.6 Å². The third kappa shape index (κ3) is 6.93. The van der Waals surface area contributed by atoms with Crippen LogP contribution in [0.25, 0.3) is 11.9 Å². The van der Waals surface area contributed by atoms with Crippen LogP contribution in [0.2, 0.25) is 5.02 Å². The molecule has 0 bridgehead atoms. The highest BCUT2D eigenvalue weighted by atomic mass is 35.5. The summed E-state index contributed by atoms with van der Waals surface area (Å²) in [4.78, 5) is 29.3. The molecule has 0 aliphatic heterocycles. The second-order valence-corrected chi connectivity index (χ2v) is 8.97. The summed E-state index contributed by atoms with van der Waals surface area (Å²) in [6, 6.07) is 3.86. The molecule has 0 aliphatic rings. The number of nitrogens with zero attached hydrogens (tertiary/aromatic N) is 5. The Morgan fingerprint density at radius 2 is 2.05 bits per heavy atom. The number of allylic oxidation sites excluding steroid dienone is 1. The monoisotopic (exact) mass is 529 g/mol. The van der Waals surface area contributed by atoms with E-state index in [4.69, 9.17) is 16.3 Å². The van der Waals surface area contributed by atoms with Crippen molar-refractivity contribution in [2.24, 2.45) is 4.99 Å². The topological polar surface area (TPSA) is 102 Å². The van der Waals surface area contributed by atoms with Gasteiger partial charge in [0, 0.05) is 36.4 Å². The van der Waals surface area contributed by atoms with E-state index in [9.17, 15) is 18.7 Å². The molecule has 0 atom stereocenters. The molecule has 0 fully saturated rings. The van der Waals surface area contributed by atoms with Crippen LogP contribution < -0.4 is 10.3 Å². The molecule has 3 heterocycles. The van der Waals surface area contributed by atoms with Gasteiger partial charge in [0.1, 0.15) is 34.5 Å². The summed E-state index contributed by atoms with van der Waals surface area (Å²) in [7, 11) is 0. The van der Waals surface area contributed by atoms with Gasteiger partial charge in [0.25, 0.3) is 5.56 Å². The maximum Gasteiger partial charge on any atom is 0.277 e. The Bertz CT molecular complexity index is 1450. The number of aliphatic hydroxyl groups is 1. The third-order valence-corrected chi connectivity index (χ3v) is 5.53. The van der Waals surface area contributed by atoms with Gasteiger partial charge in [-0.1, -0.05) is 25.1 Å². The number of rotatable bonds is 9. The van der Waals surface area contributed by atoms with Gasteiger partial charge in [-0.05, 0) is 38.8 Å². The summed E-state index contributed by atoms with van der Waals surface area (Å²) < 4.78 is 33.7. The Kier molecular flexibility index (Phi) is 8.67. The van der Waals surface area contributed by atoms with E-state index in [1.54, 1.807) is 39.3 Å². The standard InChI is InChI=1S/C26H26ClF2N5O3/c1-6-17(11-31-16(3)20-7-8-30-25(33-20)26(4,5)36)13-34-15(2)9-22(23(27)24(34)35)37-14-21-19(29)10-18(28)12-32-21/h7-13,36H,3,6,14H2,1-2,4-5H3/b17-13+,31-11?. The second-order valence-electron chi connectivity index (χ2n) is 8.60. The van der Waals surface area contributed by atoms with Gasteiger partial charge in [-0.2, -0.15) is 0 Å². The van der Waals surface area contributed by atoms with Crippen LogP contribution in [0.5, 0.6) is 5.75 Å². The van der Waals surface area contributed by atoms with E-state index in [2.05, 4.69) is 26.5 Å². The molecule has 3 rings (SSSR count). The number of hydrogen-bond donors (Lipinski definition) is 1. The first-order valence-electron chi connectivity index (χ1n) is 11.2. The van der Waals surface area contributed by atoms with Crippen LogP contribution in [-0.2, 0) is 12.2 Å². The van der Waals surface area contributed by atoms with Crippen LogP contribution in [0, 0.1) is 18.6 Å². The molecule has 194 valence electrons. The van der Waals surface area contributed by atoms with Gasteiger partial charge in [0.05, 0.1) is 17.6 Å². The molecule has 11 heteroatoms. The smallest absolute Gasteiger partial charge is 0.277 e. The van der Waals surface area contributed by atoms with Crippen molar-refractivity contribution in [2.75, 3.05) is 0 Å². The summed E-state index contributed by atoms with van der Waals surface area (Å²) in [5, 5.41) is 9.93.